The van der Waals surface area contributed by atoms with Crippen LogP contribution in [0.25, 0.3) is 0 Å². The number of nitrogens with one attached hydrogen (secondary N) is 1. The number of ether oxygens (including phenoxy) is 1. The van der Waals surface area contributed by atoms with Crippen molar-refractivity contribution in [1.82, 2.24) is 0 Å². The molecule has 1 N–H and O–H groups in total. The normalized spacial score (nSPS) is 27.9. The molecule has 2 heterocycles. The molecule has 1 saturated heterocycles. The second kappa shape index (κ2) is 7.67. The van der Waals surface area contributed by atoms with E-state index >= 15 is 0 Å². The van der Waals surface area contributed by atoms with Gasteiger partial charge in [0.25, 0.3) is 0 Å². The number of benzene rings is 2. The summed E-state index contributed by atoms with van der Waals surface area (Å²) in [5.41, 5.74) is 3.68. The number of rotatable bonds is 4. The summed E-state index contributed by atoms with van der Waals surface area (Å²) in [6.45, 7) is 1.97. The number of hydrogen-bond donors (Lipinski definition) is 1. The van der Waals surface area contributed by atoms with E-state index < -0.39 is 10.7 Å². The van der Waals surface area contributed by atoms with Gasteiger partial charge in [-0.15, -0.1) is 11.8 Å². The van der Waals surface area contributed by atoms with Crippen LogP contribution in [-0.4, -0.2) is 31.0 Å². The van der Waals surface area contributed by atoms with Gasteiger partial charge in [-0.2, -0.15) is 0 Å². The van der Waals surface area contributed by atoms with Crippen molar-refractivity contribution >= 4 is 35.6 Å². The molecule has 1 spiro atoms. The molecule has 6 heteroatoms. The van der Waals surface area contributed by atoms with E-state index in [4.69, 9.17) is 4.74 Å². The second-order valence-electron chi connectivity index (χ2n) is 7.64. The lowest BCUT2D eigenvalue weighted by molar-refractivity contribution is -0.142. The van der Waals surface area contributed by atoms with Gasteiger partial charge in [0.15, 0.2) is 0 Å². The largest absolute Gasteiger partial charge is 0.469 e. The first-order valence-corrected chi connectivity index (χ1v) is 10.6. The van der Waals surface area contributed by atoms with Crippen LogP contribution in [0.2, 0.25) is 0 Å². The Morgan fingerprint density at radius 2 is 2.00 bits per heavy atom. The van der Waals surface area contributed by atoms with Crippen LogP contribution in [0.15, 0.2) is 48.5 Å². The Balaban J connectivity index is 1.89. The first-order valence-electron chi connectivity index (χ1n) is 9.65. The van der Waals surface area contributed by atoms with E-state index in [1.807, 2.05) is 55.5 Å². The third-order valence-corrected chi connectivity index (χ3v) is 7.82. The Morgan fingerprint density at radius 1 is 1.24 bits per heavy atom. The molecule has 0 saturated carbocycles. The first kappa shape index (κ1) is 19.7. The van der Waals surface area contributed by atoms with E-state index in [-0.39, 0.29) is 30.1 Å². The summed E-state index contributed by atoms with van der Waals surface area (Å²) in [6, 6.07) is 15.6. The smallest absolute Gasteiger partial charge is 0.305 e. The standard InChI is InChI=1S/C23H23NO4S/c1-14-7-6-10-18-21(14)24-22(27)23(18)20(15-8-4-3-5-9-15)17(12-25)16(13-29-23)11-19(26)28-2/h3-10,12,16-17,20H,11,13H2,1-2H3,(H,24,27). The van der Waals surface area contributed by atoms with Crippen LogP contribution in [0, 0.1) is 18.8 Å². The van der Waals surface area contributed by atoms with Crippen LogP contribution in [0.5, 0.6) is 0 Å². The van der Waals surface area contributed by atoms with Gasteiger partial charge in [0, 0.05) is 29.5 Å². The lowest BCUT2D eigenvalue weighted by atomic mass is 9.68. The number of hydrogen-bond acceptors (Lipinski definition) is 5. The van der Waals surface area contributed by atoms with E-state index in [0.717, 1.165) is 28.7 Å². The molecule has 0 aromatic heterocycles. The molecule has 5 nitrogen and oxygen atoms in total. The number of aldehydes is 1. The maximum atomic E-state index is 13.5. The van der Waals surface area contributed by atoms with Crippen molar-refractivity contribution in [2.24, 2.45) is 11.8 Å². The minimum absolute atomic E-state index is 0.0935. The summed E-state index contributed by atoms with van der Waals surface area (Å²) in [6.07, 6.45) is 1.09. The number of methoxy groups -OCH3 is 1. The third-order valence-electron chi connectivity index (χ3n) is 6.11. The highest BCUT2D eigenvalue weighted by molar-refractivity contribution is 8.01. The molecule has 2 aromatic carbocycles. The zero-order chi connectivity index (χ0) is 20.6. The Labute approximate surface area is 174 Å². The minimum atomic E-state index is -0.902. The van der Waals surface area contributed by atoms with Gasteiger partial charge in [-0.3, -0.25) is 9.59 Å². The number of thioether (sulfide) groups is 1. The Hall–Kier alpha value is -2.60. The fraction of sp³-hybridized carbons (Fsp3) is 0.348. The summed E-state index contributed by atoms with van der Waals surface area (Å²) >= 11 is 1.54. The predicted molar refractivity (Wildman–Crippen MR) is 113 cm³/mol. The summed E-state index contributed by atoms with van der Waals surface area (Å²) in [7, 11) is 1.35. The Kier molecular flexibility index (Phi) is 5.21. The molecule has 1 fully saturated rings. The van der Waals surface area contributed by atoms with Crippen molar-refractivity contribution < 1.29 is 19.1 Å². The predicted octanol–water partition coefficient (Wildman–Crippen LogP) is 3.67. The molecule has 0 radical (unpaired) electrons. The number of anilines is 1. The molecule has 4 rings (SSSR count). The zero-order valence-corrected chi connectivity index (χ0v) is 17.2. The Bertz CT molecular complexity index is 961. The van der Waals surface area contributed by atoms with E-state index in [1.165, 1.54) is 18.9 Å². The number of carbonyl (C=O) groups excluding carboxylic acids is 3. The van der Waals surface area contributed by atoms with Gasteiger partial charge in [0.05, 0.1) is 7.11 Å². The van der Waals surface area contributed by atoms with Gasteiger partial charge in [0.1, 0.15) is 11.0 Å². The van der Waals surface area contributed by atoms with Gasteiger partial charge < -0.3 is 14.8 Å². The topological polar surface area (TPSA) is 72.5 Å². The minimum Gasteiger partial charge on any atom is -0.469 e. The van der Waals surface area contributed by atoms with Crippen LogP contribution < -0.4 is 5.32 Å². The van der Waals surface area contributed by atoms with Crippen LogP contribution in [0.1, 0.15) is 29.0 Å². The zero-order valence-electron chi connectivity index (χ0n) is 16.4. The molecule has 2 aliphatic rings. The highest BCUT2D eigenvalue weighted by Crippen LogP contribution is 2.61. The highest BCUT2D eigenvalue weighted by Gasteiger charge is 2.59. The lowest BCUT2D eigenvalue weighted by Crippen LogP contribution is -2.48. The molecule has 0 aliphatic carbocycles. The third kappa shape index (κ3) is 3.06. The van der Waals surface area contributed by atoms with Gasteiger partial charge in [-0.05, 0) is 29.7 Å². The van der Waals surface area contributed by atoms with Crippen LogP contribution >= 0.6 is 11.8 Å². The molecule has 4 unspecified atom stereocenters. The number of aryl methyl sites for hydroxylation is 1. The quantitative estimate of drug-likeness (QED) is 0.616. The molecule has 150 valence electrons. The molecule has 4 atom stereocenters. The molecular weight excluding hydrogens is 386 g/mol. The number of fused-ring (bicyclic) bond motifs is 2. The van der Waals surface area contributed by atoms with Crippen molar-refractivity contribution in [2.75, 3.05) is 18.2 Å². The van der Waals surface area contributed by atoms with E-state index in [9.17, 15) is 14.4 Å². The van der Waals surface area contributed by atoms with Crippen molar-refractivity contribution in [1.29, 1.82) is 0 Å². The van der Waals surface area contributed by atoms with E-state index in [2.05, 4.69) is 5.32 Å². The number of amides is 1. The van der Waals surface area contributed by atoms with Gasteiger partial charge in [0.2, 0.25) is 5.91 Å². The van der Waals surface area contributed by atoms with Crippen LogP contribution in [0.3, 0.4) is 0 Å². The Morgan fingerprint density at radius 3 is 2.69 bits per heavy atom. The van der Waals surface area contributed by atoms with Gasteiger partial charge in [-0.25, -0.2) is 0 Å². The van der Waals surface area contributed by atoms with Crippen molar-refractivity contribution in [3.8, 4) is 0 Å². The second-order valence-corrected chi connectivity index (χ2v) is 8.91. The fourth-order valence-corrected chi connectivity index (χ4v) is 6.50. The average Bonchev–Trinajstić information content (AvgIpc) is 3.03. The number of para-hydroxylation sites is 1. The van der Waals surface area contributed by atoms with Crippen LogP contribution in [0.4, 0.5) is 5.69 Å². The summed E-state index contributed by atoms with van der Waals surface area (Å²) < 4.78 is 3.95. The van der Waals surface area contributed by atoms with Crippen molar-refractivity contribution in [3.63, 3.8) is 0 Å². The van der Waals surface area contributed by atoms with Crippen molar-refractivity contribution in [2.45, 2.75) is 24.0 Å². The van der Waals surface area contributed by atoms with E-state index in [1.54, 1.807) is 0 Å². The van der Waals surface area contributed by atoms with Gasteiger partial charge in [-0.1, -0.05) is 48.5 Å². The summed E-state index contributed by atoms with van der Waals surface area (Å²) in [5.74, 6) is -0.945. The van der Waals surface area contributed by atoms with E-state index in [0.29, 0.717) is 5.75 Å². The molecule has 2 aliphatic heterocycles. The van der Waals surface area contributed by atoms with Crippen LogP contribution in [-0.2, 0) is 23.9 Å². The lowest BCUT2D eigenvalue weighted by Gasteiger charge is -2.46. The SMILES string of the molecule is COC(=O)CC1CSC2(C(=O)Nc3c(C)cccc32)C(c2ccccc2)C1C=O. The first-order chi connectivity index (χ1) is 14.0. The fourth-order valence-electron chi connectivity index (χ4n) is 4.71. The highest BCUT2D eigenvalue weighted by atomic mass is 32.2. The van der Waals surface area contributed by atoms with Gasteiger partial charge >= 0.3 is 5.97 Å². The maximum Gasteiger partial charge on any atom is 0.305 e. The average molecular weight is 410 g/mol. The maximum absolute atomic E-state index is 13.5. The summed E-state index contributed by atoms with van der Waals surface area (Å²) in [4.78, 5) is 37.8. The number of esters is 1. The number of carbonyl (C=O) groups is 3. The molecular formula is C23H23NO4S. The van der Waals surface area contributed by atoms with Crippen molar-refractivity contribution in [3.05, 3.63) is 65.2 Å². The monoisotopic (exact) mass is 409 g/mol. The summed E-state index contributed by atoms with van der Waals surface area (Å²) in [5, 5.41) is 3.07. The molecule has 2 aromatic rings. The molecule has 1 amide bonds. The molecule has 29 heavy (non-hydrogen) atoms. The molecule has 0 bridgehead atoms.